The van der Waals surface area contributed by atoms with Gasteiger partial charge in [-0.2, -0.15) is 5.10 Å². The highest BCUT2D eigenvalue weighted by Crippen LogP contribution is 2.33. The predicted molar refractivity (Wildman–Crippen MR) is 89.9 cm³/mol. The normalized spacial score (nSPS) is 18.3. The van der Waals surface area contributed by atoms with Gasteiger partial charge in [-0.1, -0.05) is 0 Å². The highest BCUT2D eigenvalue weighted by molar-refractivity contribution is 7.09. The molecule has 0 radical (unpaired) electrons. The lowest BCUT2D eigenvalue weighted by Gasteiger charge is -2.33. The van der Waals surface area contributed by atoms with Crippen molar-refractivity contribution in [2.45, 2.75) is 18.8 Å². The Kier molecular flexibility index (Phi) is 3.66. The van der Waals surface area contributed by atoms with Gasteiger partial charge in [0.25, 0.3) is 0 Å². The molecular weight excluding hydrogens is 310 g/mol. The second kappa shape index (κ2) is 5.96. The van der Waals surface area contributed by atoms with Crippen LogP contribution in [0.25, 0.3) is 5.82 Å². The fourth-order valence-corrected chi connectivity index (χ4v) is 3.78. The van der Waals surface area contributed by atoms with E-state index in [2.05, 4.69) is 25.0 Å². The molecule has 118 valence electrons. The number of piperidine rings is 1. The largest absolute Gasteiger partial charge is 0.393 e. The fourth-order valence-electron chi connectivity index (χ4n) is 3.01. The summed E-state index contributed by atoms with van der Waals surface area (Å²) in [5.41, 5.74) is 6.89. The lowest BCUT2D eigenvalue weighted by Crippen LogP contribution is -2.35. The molecule has 1 fully saturated rings. The molecule has 1 aliphatic rings. The van der Waals surface area contributed by atoms with Crippen LogP contribution >= 0.6 is 11.3 Å². The first-order valence-electron chi connectivity index (χ1n) is 7.58. The Morgan fingerprint density at radius 3 is 2.87 bits per heavy atom. The molecule has 4 rings (SSSR count). The first kappa shape index (κ1) is 14.1. The minimum absolute atomic E-state index is 0.436. The van der Waals surface area contributed by atoms with Crippen LogP contribution in [0.2, 0.25) is 0 Å². The van der Waals surface area contributed by atoms with Crippen LogP contribution in [0.5, 0.6) is 0 Å². The van der Waals surface area contributed by atoms with Gasteiger partial charge in [0.2, 0.25) is 0 Å². The van der Waals surface area contributed by atoms with E-state index in [9.17, 15) is 0 Å². The number of nitrogen functional groups attached to an aromatic ring is 1. The molecule has 8 heteroatoms. The van der Waals surface area contributed by atoms with Gasteiger partial charge in [-0.05, 0) is 18.9 Å². The highest BCUT2D eigenvalue weighted by atomic mass is 32.1. The zero-order valence-electron chi connectivity index (χ0n) is 12.5. The number of hydrogen-bond donors (Lipinski definition) is 1. The van der Waals surface area contributed by atoms with Gasteiger partial charge >= 0.3 is 0 Å². The van der Waals surface area contributed by atoms with Crippen molar-refractivity contribution in [3.05, 3.63) is 41.4 Å². The number of hydrogen-bond acceptors (Lipinski definition) is 7. The van der Waals surface area contributed by atoms with Gasteiger partial charge in [0.05, 0.1) is 5.01 Å². The molecule has 23 heavy (non-hydrogen) atoms. The minimum Gasteiger partial charge on any atom is -0.393 e. The molecule has 0 saturated carbocycles. The molecule has 0 aromatic carbocycles. The molecule has 1 aliphatic heterocycles. The van der Waals surface area contributed by atoms with Crippen molar-refractivity contribution < 1.29 is 0 Å². The summed E-state index contributed by atoms with van der Waals surface area (Å²) in [7, 11) is 0. The summed E-state index contributed by atoms with van der Waals surface area (Å²) >= 11 is 1.72. The van der Waals surface area contributed by atoms with E-state index >= 15 is 0 Å². The summed E-state index contributed by atoms with van der Waals surface area (Å²) in [6.07, 6.45) is 9.22. The van der Waals surface area contributed by atoms with Crippen molar-refractivity contribution in [1.29, 1.82) is 0 Å². The summed E-state index contributed by atoms with van der Waals surface area (Å²) in [6.45, 7) is 1.83. The summed E-state index contributed by atoms with van der Waals surface area (Å²) in [5.74, 6) is 1.84. The molecular formula is C15H17N7S. The molecule has 1 saturated heterocycles. The molecule has 2 N–H and O–H groups in total. The number of aromatic nitrogens is 5. The number of anilines is 2. The summed E-state index contributed by atoms with van der Waals surface area (Å²) in [5, 5.41) is 7.43. The highest BCUT2D eigenvalue weighted by Gasteiger charge is 2.26. The Labute approximate surface area is 137 Å². The average Bonchev–Trinajstić information content (AvgIpc) is 3.29. The van der Waals surface area contributed by atoms with Gasteiger partial charge < -0.3 is 10.6 Å². The lowest BCUT2D eigenvalue weighted by molar-refractivity contribution is 0.505. The van der Waals surface area contributed by atoms with Crippen molar-refractivity contribution in [1.82, 2.24) is 24.7 Å². The smallest absolute Gasteiger partial charge is 0.181 e. The van der Waals surface area contributed by atoms with Crippen LogP contribution in [-0.4, -0.2) is 37.8 Å². The third-order valence-electron chi connectivity index (χ3n) is 4.08. The van der Waals surface area contributed by atoms with E-state index in [1.165, 1.54) is 5.01 Å². The zero-order valence-corrected chi connectivity index (χ0v) is 13.4. The molecule has 3 aromatic rings. The number of nitrogens with zero attached hydrogens (tertiary/aromatic N) is 6. The second-order valence-electron chi connectivity index (χ2n) is 5.54. The van der Waals surface area contributed by atoms with Crippen molar-refractivity contribution in [3.63, 3.8) is 0 Å². The average molecular weight is 327 g/mol. The summed E-state index contributed by atoms with van der Waals surface area (Å²) in [4.78, 5) is 15.4. The van der Waals surface area contributed by atoms with E-state index in [-0.39, 0.29) is 0 Å². The van der Waals surface area contributed by atoms with Gasteiger partial charge in [-0.15, -0.1) is 11.3 Å². The zero-order chi connectivity index (χ0) is 15.6. The van der Waals surface area contributed by atoms with E-state index in [4.69, 9.17) is 5.73 Å². The van der Waals surface area contributed by atoms with E-state index in [1.807, 2.05) is 23.8 Å². The first-order valence-corrected chi connectivity index (χ1v) is 8.45. The van der Waals surface area contributed by atoms with E-state index in [1.54, 1.807) is 28.5 Å². The molecule has 1 atom stereocenters. The molecule has 0 amide bonds. The third kappa shape index (κ3) is 2.65. The molecule has 3 aromatic heterocycles. The van der Waals surface area contributed by atoms with Crippen LogP contribution < -0.4 is 10.6 Å². The van der Waals surface area contributed by atoms with Gasteiger partial charge in [-0.3, -0.25) is 0 Å². The summed E-state index contributed by atoms with van der Waals surface area (Å²) in [6, 6.07) is 1.85. The topological polar surface area (TPSA) is 85.8 Å². The minimum atomic E-state index is 0.436. The second-order valence-corrected chi connectivity index (χ2v) is 6.47. The van der Waals surface area contributed by atoms with E-state index < -0.39 is 0 Å². The maximum atomic E-state index is 6.33. The van der Waals surface area contributed by atoms with Gasteiger partial charge in [0.1, 0.15) is 12.0 Å². The van der Waals surface area contributed by atoms with Crippen molar-refractivity contribution >= 4 is 22.8 Å². The van der Waals surface area contributed by atoms with Crippen LogP contribution in [-0.2, 0) is 0 Å². The molecule has 0 bridgehead atoms. The number of nitrogens with two attached hydrogens (primary N) is 1. The molecule has 0 unspecified atom stereocenters. The number of thiazole rings is 1. The van der Waals surface area contributed by atoms with Crippen molar-refractivity contribution in [2.75, 3.05) is 23.7 Å². The number of rotatable bonds is 3. The first-order chi connectivity index (χ1) is 11.3. The Morgan fingerprint density at radius 1 is 1.17 bits per heavy atom. The summed E-state index contributed by atoms with van der Waals surface area (Å²) < 4.78 is 1.67. The third-order valence-corrected chi connectivity index (χ3v) is 5.02. The molecule has 4 heterocycles. The molecule has 7 nitrogen and oxygen atoms in total. The van der Waals surface area contributed by atoms with E-state index in [0.29, 0.717) is 17.4 Å². The molecule has 0 aliphatic carbocycles. The molecule has 0 spiro atoms. The van der Waals surface area contributed by atoms with Crippen molar-refractivity contribution in [3.8, 4) is 5.82 Å². The Balaban J connectivity index is 1.64. The van der Waals surface area contributed by atoms with Crippen LogP contribution in [0.15, 0.2) is 36.4 Å². The quantitative estimate of drug-likeness (QED) is 0.793. The lowest BCUT2D eigenvalue weighted by atomic mass is 9.98. The van der Waals surface area contributed by atoms with Crippen LogP contribution in [0.1, 0.15) is 23.8 Å². The Bertz CT molecular complexity index is 769. The van der Waals surface area contributed by atoms with Gasteiger partial charge in [0.15, 0.2) is 11.6 Å². The van der Waals surface area contributed by atoms with Crippen molar-refractivity contribution in [2.24, 2.45) is 0 Å². The van der Waals surface area contributed by atoms with Crippen LogP contribution in [0.3, 0.4) is 0 Å². The SMILES string of the molecule is Nc1c(N2CCC[C@@H](c3nccs3)C2)ncnc1-n1cccn1. The van der Waals surface area contributed by atoms with Crippen LogP contribution in [0, 0.1) is 0 Å². The van der Waals surface area contributed by atoms with Gasteiger partial charge in [0, 0.05) is 43.0 Å². The Hall–Kier alpha value is -2.48. The monoisotopic (exact) mass is 327 g/mol. The Morgan fingerprint density at radius 2 is 2.09 bits per heavy atom. The predicted octanol–water partition coefficient (Wildman–Crippen LogP) is 2.08. The van der Waals surface area contributed by atoms with Gasteiger partial charge in [-0.25, -0.2) is 19.6 Å². The van der Waals surface area contributed by atoms with Crippen LogP contribution in [0.4, 0.5) is 11.5 Å². The fraction of sp³-hybridized carbons (Fsp3) is 0.333. The maximum absolute atomic E-state index is 6.33. The maximum Gasteiger partial charge on any atom is 0.181 e. The van der Waals surface area contributed by atoms with E-state index in [0.717, 1.165) is 31.7 Å². The standard InChI is InChI=1S/C15H17N7S/c16-12-13(18-10-19-14(12)22-7-2-4-20-22)21-6-1-3-11(9-21)15-17-5-8-23-15/h2,4-5,7-8,10-11H,1,3,6,9,16H2/t11-/m1/s1.